The summed E-state index contributed by atoms with van der Waals surface area (Å²) >= 11 is 3.31. The van der Waals surface area contributed by atoms with Crippen LogP contribution in [0.3, 0.4) is 0 Å². The summed E-state index contributed by atoms with van der Waals surface area (Å²) in [7, 11) is 0. The van der Waals surface area contributed by atoms with Crippen LogP contribution < -0.4 is 5.32 Å². The van der Waals surface area contributed by atoms with Gasteiger partial charge in [-0.1, -0.05) is 29.8 Å². The van der Waals surface area contributed by atoms with E-state index in [0.717, 1.165) is 4.47 Å². The third kappa shape index (κ3) is 5.33. The van der Waals surface area contributed by atoms with E-state index in [4.69, 9.17) is 0 Å². The lowest BCUT2D eigenvalue weighted by Gasteiger charge is -2.13. The zero-order valence-electron chi connectivity index (χ0n) is 10.1. The Morgan fingerprint density at radius 1 is 1.35 bits per heavy atom. The van der Waals surface area contributed by atoms with E-state index in [0.29, 0.717) is 24.4 Å². The van der Waals surface area contributed by atoms with Gasteiger partial charge < -0.3 is 10.4 Å². The highest BCUT2D eigenvalue weighted by atomic mass is 79.9. The van der Waals surface area contributed by atoms with Crippen molar-refractivity contribution in [2.45, 2.75) is 26.4 Å². The molecule has 0 heterocycles. The van der Waals surface area contributed by atoms with E-state index in [1.54, 1.807) is 12.1 Å². The predicted octanol–water partition coefficient (Wildman–Crippen LogP) is 2.59. The van der Waals surface area contributed by atoms with Gasteiger partial charge in [-0.25, -0.2) is 0 Å². The molecule has 17 heavy (non-hydrogen) atoms. The van der Waals surface area contributed by atoms with Crippen molar-refractivity contribution in [3.63, 3.8) is 0 Å². The second kappa shape index (κ2) is 6.77. The smallest absolute Gasteiger partial charge is 0.251 e. The summed E-state index contributed by atoms with van der Waals surface area (Å²) in [5.41, 5.74) is 0.602. The number of halogens is 1. The number of aliphatic hydroxyl groups excluding tert-OH is 1. The molecule has 1 aromatic rings. The molecule has 0 aliphatic carbocycles. The Labute approximate surface area is 110 Å². The number of carbonyl (C=O) groups is 1. The highest BCUT2D eigenvalue weighted by molar-refractivity contribution is 9.10. The minimum Gasteiger partial charge on any atom is -0.391 e. The van der Waals surface area contributed by atoms with E-state index in [-0.39, 0.29) is 5.91 Å². The fraction of sp³-hybridized carbons (Fsp3) is 0.462. The van der Waals surface area contributed by atoms with Gasteiger partial charge >= 0.3 is 0 Å². The monoisotopic (exact) mass is 299 g/mol. The molecule has 3 nitrogen and oxygen atoms in total. The molecule has 0 radical (unpaired) electrons. The fourth-order valence-electron chi connectivity index (χ4n) is 1.54. The highest BCUT2D eigenvalue weighted by Gasteiger charge is 2.10. The van der Waals surface area contributed by atoms with E-state index >= 15 is 0 Å². The number of rotatable bonds is 5. The van der Waals surface area contributed by atoms with Crippen LogP contribution in [0.2, 0.25) is 0 Å². The number of hydrogen-bond acceptors (Lipinski definition) is 2. The second-order valence-corrected chi connectivity index (χ2v) is 5.42. The molecule has 94 valence electrons. The van der Waals surface area contributed by atoms with Crippen molar-refractivity contribution in [2.75, 3.05) is 6.54 Å². The van der Waals surface area contributed by atoms with E-state index in [2.05, 4.69) is 21.2 Å². The van der Waals surface area contributed by atoms with Gasteiger partial charge in [-0.05, 0) is 36.6 Å². The highest BCUT2D eigenvalue weighted by Crippen LogP contribution is 2.10. The van der Waals surface area contributed by atoms with Gasteiger partial charge in [-0.2, -0.15) is 0 Å². The molecular weight excluding hydrogens is 282 g/mol. The minimum absolute atomic E-state index is 0.152. The molecule has 1 aromatic carbocycles. The number of amides is 1. The summed E-state index contributed by atoms with van der Waals surface area (Å²) in [6.07, 6.45) is 0.218. The van der Waals surface area contributed by atoms with Crippen LogP contribution >= 0.6 is 15.9 Å². The number of benzene rings is 1. The molecule has 0 aliphatic rings. The Balaban J connectivity index is 2.42. The van der Waals surface area contributed by atoms with Crippen molar-refractivity contribution < 1.29 is 9.90 Å². The van der Waals surface area contributed by atoms with Crippen molar-refractivity contribution in [3.8, 4) is 0 Å². The molecule has 2 N–H and O–H groups in total. The Bertz CT molecular complexity index is 362. The van der Waals surface area contributed by atoms with E-state index in [9.17, 15) is 9.90 Å². The summed E-state index contributed by atoms with van der Waals surface area (Å²) in [5, 5.41) is 12.4. The lowest BCUT2D eigenvalue weighted by molar-refractivity contribution is 0.0900. The van der Waals surface area contributed by atoms with Crippen LogP contribution in [-0.4, -0.2) is 23.7 Å². The standard InChI is InChI=1S/C13H18BrNO2/c1-9(2)7-12(16)8-15-13(17)10-3-5-11(14)6-4-10/h3-6,9,12,16H,7-8H2,1-2H3,(H,15,17). The molecule has 1 unspecified atom stereocenters. The van der Waals surface area contributed by atoms with Crippen LogP contribution in [-0.2, 0) is 0 Å². The van der Waals surface area contributed by atoms with Gasteiger partial charge in [0.05, 0.1) is 6.10 Å². The van der Waals surface area contributed by atoms with Crippen LogP contribution in [0.1, 0.15) is 30.6 Å². The van der Waals surface area contributed by atoms with E-state index in [1.165, 1.54) is 0 Å². The quantitative estimate of drug-likeness (QED) is 0.878. The van der Waals surface area contributed by atoms with Gasteiger partial charge in [0, 0.05) is 16.6 Å². The molecule has 0 bridgehead atoms. The van der Waals surface area contributed by atoms with Crippen LogP contribution in [0, 0.1) is 5.92 Å². The van der Waals surface area contributed by atoms with Gasteiger partial charge in [-0.3, -0.25) is 4.79 Å². The van der Waals surface area contributed by atoms with Crippen LogP contribution in [0.25, 0.3) is 0 Å². The normalized spacial score (nSPS) is 12.5. The molecule has 1 atom stereocenters. The van der Waals surface area contributed by atoms with Gasteiger partial charge in [0.1, 0.15) is 0 Å². The lowest BCUT2D eigenvalue weighted by atomic mass is 10.1. The Morgan fingerprint density at radius 3 is 2.47 bits per heavy atom. The van der Waals surface area contributed by atoms with Crippen LogP contribution in [0.5, 0.6) is 0 Å². The van der Waals surface area contributed by atoms with Gasteiger partial charge in [-0.15, -0.1) is 0 Å². The summed E-state index contributed by atoms with van der Waals surface area (Å²) in [6, 6.07) is 7.13. The third-order valence-corrected chi connectivity index (χ3v) is 2.88. The average molecular weight is 300 g/mol. The summed E-state index contributed by atoms with van der Waals surface area (Å²) < 4.78 is 0.939. The van der Waals surface area contributed by atoms with Crippen molar-refractivity contribution in [2.24, 2.45) is 5.92 Å². The maximum Gasteiger partial charge on any atom is 0.251 e. The Hall–Kier alpha value is -0.870. The third-order valence-electron chi connectivity index (χ3n) is 2.35. The maximum absolute atomic E-state index is 11.7. The Morgan fingerprint density at radius 2 is 1.94 bits per heavy atom. The molecule has 0 saturated carbocycles. The maximum atomic E-state index is 11.7. The zero-order chi connectivity index (χ0) is 12.8. The molecule has 0 spiro atoms. The molecule has 4 heteroatoms. The minimum atomic E-state index is -0.477. The van der Waals surface area contributed by atoms with E-state index in [1.807, 2.05) is 26.0 Å². The topological polar surface area (TPSA) is 49.3 Å². The summed E-state index contributed by atoms with van der Waals surface area (Å²) in [4.78, 5) is 11.7. The zero-order valence-corrected chi connectivity index (χ0v) is 11.7. The molecule has 0 fully saturated rings. The van der Waals surface area contributed by atoms with E-state index < -0.39 is 6.10 Å². The number of carbonyl (C=O) groups excluding carboxylic acids is 1. The molecule has 0 aromatic heterocycles. The molecule has 1 rings (SSSR count). The Kier molecular flexibility index (Phi) is 5.65. The molecule has 1 amide bonds. The van der Waals surface area contributed by atoms with Gasteiger partial charge in [0.25, 0.3) is 5.91 Å². The first-order valence-electron chi connectivity index (χ1n) is 5.71. The average Bonchev–Trinajstić information content (AvgIpc) is 2.26. The van der Waals surface area contributed by atoms with Crippen molar-refractivity contribution in [3.05, 3.63) is 34.3 Å². The van der Waals surface area contributed by atoms with Crippen LogP contribution in [0.4, 0.5) is 0 Å². The fourth-order valence-corrected chi connectivity index (χ4v) is 1.81. The molecule has 0 saturated heterocycles. The first kappa shape index (κ1) is 14.2. The van der Waals surface area contributed by atoms with Crippen molar-refractivity contribution in [1.29, 1.82) is 0 Å². The summed E-state index contributed by atoms with van der Waals surface area (Å²) in [6.45, 7) is 4.38. The first-order valence-corrected chi connectivity index (χ1v) is 6.50. The number of aliphatic hydroxyl groups is 1. The summed E-state index contributed by atoms with van der Waals surface area (Å²) in [5.74, 6) is 0.273. The second-order valence-electron chi connectivity index (χ2n) is 4.50. The SMILES string of the molecule is CC(C)CC(O)CNC(=O)c1ccc(Br)cc1. The van der Waals surface area contributed by atoms with Gasteiger partial charge in [0.15, 0.2) is 0 Å². The molecule has 0 aliphatic heterocycles. The number of nitrogens with one attached hydrogen (secondary N) is 1. The number of hydrogen-bond donors (Lipinski definition) is 2. The van der Waals surface area contributed by atoms with Crippen molar-refractivity contribution in [1.82, 2.24) is 5.32 Å². The first-order chi connectivity index (χ1) is 7.99. The largest absolute Gasteiger partial charge is 0.391 e. The van der Waals surface area contributed by atoms with Crippen LogP contribution in [0.15, 0.2) is 28.7 Å². The van der Waals surface area contributed by atoms with Crippen molar-refractivity contribution >= 4 is 21.8 Å². The predicted molar refractivity (Wildman–Crippen MR) is 71.9 cm³/mol. The van der Waals surface area contributed by atoms with Gasteiger partial charge in [0.2, 0.25) is 0 Å². The lowest BCUT2D eigenvalue weighted by Crippen LogP contribution is -2.32. The molecular formula is C13H18BrNO2.